The summed E-state index contributed by atoms with van der Waals surface area (Å²) >= 11 is 6.16. The lowest BCUT2D eigenvalue weighted by Crippen LogP contribution is -2.47. The van der Waals surface area contributed by atoms with Crippen LogP contribution >= 0.6 is 11.6 Å². The maximum atomic E-state index is 15.0. The average Bonchev–Trinajstić information content (AvgIpc) is 3.41. The van der Waals surface area contributed by atoms with E-state index in [9.17, 15) is 31.9 Å². The van der Waals surface area contributed by atoms with Crippen molar-refractivity contribution in [3.63, 3.8) is 0 Å². The van der Waals surface area contributed by atoms with Crippen LogP contribution in [0.1, 0.15) is 41.6 Å². The highest BCUT2D eigenvalue weighted by atomic mass is 35.5. The number of anilines is 2. The molecule has 234 valence electrons. The van der Waals surface area contributed by atoms with E-state index in [1.165, 1.54) is 18.2 Å². The SMILES string of the molecule is O=C(O)N[C@H]1CC[C@@H](C(=O)NCc2ccc(C(=O)Nc3ccc(Cl)cc3N3CCN(CCC(F)(F)F)CC3)c(F)c2F)C1. The van der Waals surface area contributed by atoms with E-state index in [1.54, 1.807) is 11.0 Å². The minimum Gasteiger partial charge on any atom is -0.465 e. The standard InChI is InChI=1S/C28H31ClF5N5O4/c29-18-3-6-21(22(14-18)39-11-9-38(10-12-39)8-7-28(32,33)34)37-26(41)20-5-2-17(23(30)24(20)31)15-35-25(40)16-1-4-19(13-16)36-27(42)43/h2-3,5-6,14,16,19,36H,1,4,7-13,15H2,(H,35,40)(H,37,41)(H,42,43)/t16-,19+/m1/s1. The smallest absolute Gasteiger partial charge is 0.404 e. The van der Waals surface area contributed by atoms with Crippen LogP contribution in [0.15, 0.2) is 30.3 Å². The van der Waals surface area contributed by atoms with E-state index in [0.29, 0.717) is 56.2 Å². The Morgan fingerprint density at radius 2 is 1.72 bits per heavy atom. The molecule has 1 aliphatic carbocycles. The molecule has 0 radical (unpaired) electrons. The van der Waals surface area contributed by atoms with Crippen LogP contribution in [0.5, 0.6) is 0 Å². The number of rotatable bonds is 9. The summed E-state index contributed by atoms with van der Waals surface area (Å²) in [5.41, 5.74) is 0.0193. The Balaban J connectivity index is 1.37. The zero-order chi connectivity index (χ0) is 31.3. The molecule has 1 aliphatic heterocycles. The van der Waals surface area contributed by atoms with Gasteiger partial charge in [-0.3, -0.25) is 14.5 Å². The number of hydrogen-bond acceptors (Lipinski definition) is 5. The number of halogens is 6. The number of hydrogen-bond donors (Lipinski definition) is 4. The predicted octanol–water partition coefficient (Wildman–Crippen LogP) is 5.00. The van der Waals surface area contributed by atoms with Crippen molar-refractivity contribution in [2.75, 3.05) is 42.9 Å². The van der Waals surface area contributed by atoms with E-state index < -0.39 is 53.6 Å². The molecule has 15 heteroatoms. The Hall–Kier alpha value is -3.65. The van der Waals surface area contributed by atoms with Gasteiger partial charge in [0, 0.05) is 61.8 Å². The van der Waals surface area contributed by atoms with Crippen LogP contribution in [-0.4, -0.2) is 72.9 Å². The Kier molecular flexibility index (Phi) is 10.3. The first-order valence-electron chi connectivity index (χ1n) is 13.7. The summed E-state index contributed by atoms with van der Waals surface area (Å²) in [4.78, 5) is 39.8. The monoisotopic (exact) mass is 631 g/mol. The largest absolute Gasteiger partial charge is 0.465 e. The van der Waals surface area contributed by atoms with E-state index >= 15 is 4.39 Å². The Labute approximate surface area is 249 Å². The zero-order valence-electron chi connectivity index (χ0n) is 22.9. The second-order valence-electron chi connectivity index (χ2n) is 10.6. The van der Waals surface area contributed by atoms with Crippen molar-refractivity contribution < 1.29 is 41.4 Å². The number of carboxylic acid groups (broad SMARTS) is 1. The molecule has 2 aliphatic rings. The number of alkyl halides is 3. The minimum atomic E-state index is -4.25. The fourth-order valence-corrected chi connectivity index (χ4v) is 5.48. The van der Waals surface area contributed by atoms with Crippen molar-refractivity contribution in [3.05, 3.63) is 58.1 Å². The van der Waals surface area contributed by atoms with E-state index in [4.69, 9.17) is 16.7 Å². The number of nitrogens with one attached hydrogen (secondary N) is 3. The number of nitrogens with zero attached hydrogens (tertiary/aromatic N) is 2. The van der Waals surface area contributed by atoms with Crippen molar-refractivity contribution >= 4 is 40.9 Å². The molecule has 4 rings (SSSR count). The molecule has 3 amide bonds. The van der Waals surface area contributed by atoms with Crippen LogP contribution in [0.4, 0.5) is 38.1 Å². The number of carbonyl (C=O) groups is 3. The molecule has 2 fully saturated rings. The average molecular weight is 632 g/mol. The normalized spacial score (nSPS) is 19.3. The molecule has 1 saturated carbocycles. The van der Waals surface area contributed by atoms with Gasteiger partial charge in [0.2, 0.25) is 5.91 Å². The lowest BCUT2D eigenvalue weighted by molar-refractivity contribution is -0.138. The van der Waals surface area contributed by atoms with Crippen molar-refractivity contribution in [3.8, 4) is 0 Å². The van der Waals surface area contributed by atoms with Gasteiger partial charge in [0.25, 0.3) is 5.91 Å². The lowest BCUT2D eigenvalue weighted by Gasteiger charge is -2.37. The molecule has 9 nitrogen and oxygen atoms in total. The maximum Gasteiger partial charge on any atom is 0.404 e. The van der Waals surface area contributed by atoms with Gasteiger partial charge < -0.3 is 26.0 Å². The maximum absolute atomic E-state index is 15.0. The van der Waals surface area contributed by atoms with Crippen molar-refractivity contribution in [2.24, 2.45) is 5.92 Å². The summed E-state index contributed by atoms with van der Waals surface area (Å²) in [6, 6.07) is 6.54. The summed E-state index contributed by atoms with van der Waals surface area (Å²) in [7, 11) is 0. The van der Waals surface area contributed by atoms with E-state index in [1.807, 2.05) is 4.90 Å². The summed E-state index contributed by atoms with van der Waals surface area (Å²) in [5, 5.41) is 16.6. The van der Waals surface area contributed by atoms with Gasteiger partial charge in [-0.25, -0.2) is 13.6 Å². The highest BCUT2D eigenvalue weighted by Crippen LogP contribution is 2.32. The Bertz CT molecular complexity index is 1350. The minimum absolute atomic E-state index is 0.119. The fourth-order valence-electron chi connectivity index (χ4n) is 5.31. The third kappa shape index (κ3) is 8.69. The molecule has 2 atom stereocenters. The molecule has 2 aromatic rings. The Morgan fingerprint density at radius 1 is 1.00 bits per heavy atom. The van der Waals surface area contributed by atoms with Gasteiger partial charge in [0.15, 0.2) is 11.6 Å². The van der Waals surface area contributed by atoms with Gasteiger partial charge in [-0.1, -0.05) is 17.7 Å². The quantitative estimate of drug-likeness (QED) is 0.290. The molecular formula is C28H31ClF5N5O4. The van der Waals surface area contributed by atoms with Gasteiger partial charge in [-0.05, 0) is 43.5 Å². The second-order valence-corrected chi connectivity index (χ2v) is 11.0. The highest BCUT2D eigenvalue weighted by Gasteiger charge is 2.31. The van der Waals surface area contributed by atoms with Crippen molar-refractivity contribution in [1.29, 1.82) is 0 Å². The third-order valence-corrected chi connectivity index (χ3v) is 7.86. The van der Waals surface area contributed by atoms with E-state index in [2.05, 4.69) is 16.0 Å². The van der Waals surface area contributed by atoms with Crippen molar-refractivity contribution in [1.82, 2.24) is 15.5 Å². The molecule has 0 unspecified atom stereocenters. The van der Waals surface area contributed by atoms with Crippen LogP contribution in [0, 0.1) is 17.6 Å². The molecular weight excluding hydrogens is 601 g/mol. The van der Waals surface area contributed by atoms with E-state index in [0.717, 1.165) is 6.07 Å². The van der Waals surface area contributed by atoms with Crippen LogP contribution in [0.25, 0.3) is 0 Å². The van der Waals surface area contributed by atoms with Crippen LogP contribution in [0.2, 0.25) is 5.02 Å². The molecule has 0 aromatic heterocycles. The molecule has 43 heavy (non-hydrogen) atoms. The van der Waals surface area contributed by atoms with E-state index in [-0.39, 0.29) is 30.4 Å². The Morgan fingerprint density at radius 3 is 2.40 bits per heavy atom. The van der Waals surface area contributed by atoms with Crippen LogP contribution in [0.3, 0.4) is 0 Å². The summed E-state index contributed by atoms with van der Waals surface area (Å²) in [5.74, 6) is -4.50. The number of carbonyl (C=O) groups excluding carboxylic acids is 2. The molecule has 1 heterocycles. The predicted molar refractivity (Wildman–Crippen MR) is 149 cm³/mol. The summed E-state index contributed by atoms with van der Waals surface area (Å²) < 4.78 is 67.7. The van der Waals surface area contributed by atoms with Gasteiger partial charge >= 0.3 is 12.3 Å². The molecule has 0 spiro atoms. The highest BCUT2D eigenvalue weighted by molar-refractivity contribution is 6.31. The van der Waals surface area contributed by atoms with Gasteiger partial charge in [0.05, 0.1) is 23.4 Å². The summed E-state index contributed by atoms with van der Waals surface area (Å²) in [6.45, 7) is 0.993. The third-order valence-electron chi connectivity index (χ3n) is 7.62. The number of benzene rings is 2. The first-order chi connectivity index (χ1) is 20.3. The topological polar surface area (TPSA) is 114 Å². The molecule has 0 bridgehead atoms. The van der Waals surface area contributed by atoms with Gasteiger partial charge in [-0.2, -0.15) is 13.2 Å². The van der Waals surface area contributed by atoms with Crippen molar-refractivity contribution in [2.45, 2.75) is 44.4 Å². The first kappa shape index (κ1) is 32.3. The number of amides is 3. The lowest BCUT2D eigenvalue weighted by atomic mass is 10.1. The van der Waals surface area contributed by atoms with Gasteiger partial charge in [0.1, 0.15) is 0 Å². The van der Waals surface area contributed by atoms with Crippen LogP contribution in [-0.2, 0) is 11.3 Å². The first-order valence-corrected chi connectivity index (χ1v) is 14.1. The summed E-state index contributed by atoms with van der Waals surface area (Å²) in [6.07, 6.45) is -5.09. The molecule has 1 saturated heterocycles. The van der Waals surface area contributed by atoms with Crippen LogP contribution < -0.4 is 20.9 Å². The zero-order valence-corrected chi connectivity index (χ0v) is 23.7. The van der Waals surface area contributed by atoms with Gasteiger partial charge in [-0.15, -0.1) is 0 Å². The molecule has 4 N–H and O–H groups in total. The molecule has 2 aromatic carbocycles. The fraction of sp³-hybridized carbons (Fsp3) is 0.464. The number of piperazine rings is 1. The second kappa shape index (κ2) is 13.8.